The Labute approximate surface area is 148 Å². The number of rotatable bonds is 6. The number of ether oxygens (including phenoxy) is 2. The number of phenolic OH excluding ortho intramolecular Hbond substituents is 1. The summed E-state index contributed by atoms with van der Waals surface area (Å²) in [6, 6.07) is 10.1. The summed E-state index contributed by atoms with van der Waals surface area (Å²) in [6.45, 7) is 1.57. The maximum Gasteiger partial charge on any atom is 0.342 e. The molecule has 0 atom stereocenters. The quantitative estimate of drug-likeness (QED) is 0.676. The molecule has 134 valence electrons. The van der Waals surface area contributed by atoms with Gasteiger partial charge in [0.1, 0.15) is 22.9 Å². The smallest absolute Gasteiger partial charge is 0.342 e. The van der Waals surface area contributed by atoms with Gasteiger partial charge in [-0.25, -0.2) is 9.18 Å². The van der Waals surface area contributed by atoms with Gasteiger partial charge >= 0.3 is 5.97 Å². The molecule has 0 saturated heterocycles. The van der Waals surface area contributed by atoms with Crippen molar-refractivity contribution >= 4 is 5.97 Å². The molecule has 0 aliphatic heterocycles. The molecule has 1 aromatic heterocycles. The first-order valence-electron chi connectivity index (χ1n) is 7.68. The van der Waals surface area contributed by atoms with E-state index in [1.165, 1.54) is 36.4 Å². The van der Waals surface area contributed by atoms with Crippen LogP contribution in [0, 0.1) is 12.7 Å². The molecule has 0 aliphatic carbocycles. The number of carbonyl (C=O) groups is 1. The van der Waals surface area contributed by atoms with Crippen LogP contribution >= 0.6 is 0 Å². The lowest BCUT2D eigenvalue weighted by Gasteiger charge is -2.04. The van der Waals surface area contributed by atoms with Crippen molar-refractivity contribution in [1.82, 2.24) is 10.1 Å². The van der Waals surface area contributed by atoms with Gasteiger partial charge < -0.3 is 19.1 Å². The van der Waals surface area contributed by atoms with E-state index in [-0.39, 0.29) is 42.1 Å². The summed E-state index contributed by atoms with van der Waals surface area (Å²) in [7, 11) is 0. The Morgan fingerprint density at radius 1 is 1.19 bits per heavy atom. The molecule has 1 heterocycles. The predicted octanol–water partition coefficient (Wildman–Crippen LogP) is 3.16. The van der Waals surface area contributed by atoms with Gasteiger partial charge in [-0.3, -0.25) is 0 Å². The fourth-order valence-electron chi connectivity index (χ4n) is 2.11. The van der Waals surface area contributed by atoms with Crippen LogP contribution in [-0.4, -0.2) is 21.2 Å². The third-order valence-corrected chi connectivity index (χ3v) is 3.39. The summed E-state index contributed by atoms with van der Waals surface area (Å²) >= 11 is 0. The number of halogens is 1. The minimum Gasteiger partial charge on any atom is -0.507 e. The fraction of sp³-hybridized carbons (Fsp3) is 0.167. The fourth-order valence-corrected chi connectivity index (χ4v) is 2.11. The van der Waals surface area contributed by atoms with E-state index in [4.69, 9.17) is 14.0 Å². The number of aromatic nitrogens is 2. The highest BCUT2D eigenvalue weighted by Gasteiger charge is 2.15. The average Bonchev–Trinajstić information content (AvgIpc) is 3.07. The van der Waals surface area contributed by atoms with Gasteiger partial charge in [-0.1, -0.05) is 11.2 Å². The van der Waals surface area contributed by atoms with Crippen LogP contribution in [0.25, 0.3) is 0 Å². The lowest BCUT2D eigenvalue weighted by Crippen LogP contribution is -2.06. The molecule has 0 unspecified atom stereocenters. The van der Waals surface area contributed by atoms with Crippen molar-refractivity contribution in [3.8, 4) is 11.5 Å². The average molecular weight is 358 g/mol. The molecule has 0 saturated carbocycles. The van der Waals surface area contributed by atoms with Crippen LogP contribution < -0.4 is 4.74 Å². The Kier molecular flexibility index (Phi) is 5.12. The highest BCUT2D eigenvalue weighted by atomic mass is 19.1. The van der Waals surface area contributed by atoms with Crippen molar-refractivity contribution in [2.75, 3.05) is 0 Å². The van der Waals surface area contributed by atoms with Gasteiger partial charge in [0.15, 0.2) is 13.2 Å². The summed E-state index contributed by atoms with van der Waals surface area (Å²) in [5.41, 5.74) is 0.872. The molecule has 2 aromatic carbocycles. The third-order valence-electron chi connectivity index (χ3n) is 3.39. The number of aryl methyl sites for hydroxylation is 1. The highest BCUT2D eigenvalue weighted by molar-refractivity contribution is 5.92. The number of benzene rings is 2. The number of phenols is 1. The lowest BCUT2D eigenvalue weighted by atomic mass is 10.1. The zero-order chi connectivity index (χ0) is 18.5. The Balaban J connectivity index is 1.53. The molecule has 1 N–H and O–H groups in total. The predicted molar refractivity (Wildman–Crippen MR) is 87.0 cm³/mol. The van der Waals surface area contributed by atoms with Crippen LogP contribution in [0.1, 0.15) is 27.6 Å². The van der Waals surface area contributed by atoms with Gasteiger partial charge in [0.25, 0.3) is 5.89 Å². The zero-order valence-corrected chi connectivity index (χ0v) is 13.8. The van der Waals surface area contributed by atoms with Gasteiger partial charge in [-0.15, -0.1) is 0 Å². The highest BCUT2D eigenvalue weighted by Crippen LogP contribution is 2.20. The second-order valence-corrected chi connectivity index (χ2v) is 5.44. The number of nitrogens with zero attached hydrogens (tertiary/aromatic N) is 2. The van der Waals surface area contributed by atoms with E-state index >= 15 is 0 Å². The number of aromatic hydroxyl groups is 1. The molecule has 8 heteroatoms. The first-order valence-corrected chi connectivity index (χ1v) is 7.68. The van der Waals surface area contributed by atoms with Crippen molar-refractivity contribution in [2.45, 2.75) is 20.1 Å². The molecular formula is C18H15FN2O5. The number of carbonyl (C=O) groups excluding carboxylic acids is 1. The van der Waals surface area contributed by atoms with Crippen LogP contribution in [0.15, 0.2) is 47.0 Å². The normalized spacial score (nSPS) is 10.5. The van der Waals surface area contributed by atoms with Gasteiger partial charge in [0.2, 0.25) is 5.82 Å². The van der Waals surface area contributed by atoms with Crippen molar-refractivity contribution in [3.05, 3.63) is 71.1 Å². The van der Waals surface area contributed by atoms with Gasteiger partial charge in [0.05, 0.1) is 0 Å². The molecule has 7 nitrogen and oxygen atoms in total. The molecule has 3 rings (SSSR count). The van der Waals surface area contributed by atoms with Crippen LogP contribution in [0.5, 0.6) is 11.5 Å². The maximum atomic E-state index is 12.8. The van der Waals surface area contributed by atoms with Gasteiger partial charge in [-0.2, -0.15) is 4.98 Å². The minimum atomic E-state index is -0.704. The maximum absolute atomic E-state index is 12.8. The Bertz CT molecular complexity index is 908. The molecule has 0 bridgehead atoms. The molecule has 26 heavy (non-hydrogen) atoms. The van der Waals surface area contributed by atoms with E-state index in [9.17, 15) is 14.3 Å². The summed E-state index contributed by atoms with van der Waals surface area (Å²) < 4.78 is 28.2. The minimum absolute atomic E-state index is 0.0157. The van der Waals surface area contributed by atoms with E-state index in [0.717, 1.165) is 5.56 Å². The standard InChI is InChI=1S/C18H15FN2O5/c1-11-2-7-14(15(22)8-11)18(23)25-10-17-20-16(21-26-17)9-24-13-5-3-12(19)4-6-13/h2-8,22H,9-10H2,1H3. The number of esters is 1. The SMILES string of the molecule is Cc1ccc(C(=O)OCc2nc(COc3ccc(F)cc3)no2)c(O)c1. The zero-order valence-electron chi connectivity index (χ0n) is 13.8. The Morgan fingerprint density at radius 3 is 2.69 bits per heavy atom. The second-order valence-electron chi connectivity index (χ2n) is 5.44. The number of hydrogen-bond acceptors (Lipinski definition) is 7. The van der Waals surface area contributed by atoms with E-state index in [0.29, 0.717) is 5.75 Å². The summed E-state index contributed by atoms with van der Waals surface area (Å²) in [5, 5.41) is 13.5. The van der Waals surface area contributed by atoms with E-state index < -0.39 is 5.97 Å². The Hall–Kier alpha value is -3.42. The van der Waals surface area contributed by atoms with Crippen molar-refractivity contribution in [3.63, 3.8) is 0 Å². The van der Waals surface area contributed by atoms with Crippen LogP contribution in [0.3, 0.4) is 0 Å². The lowest BCUT2D eigenvalue weighted by molar-refractivity contribution is 0.0426. The van der Waals surface area contributed by atoms with Crippen LogP contribution in [0.4, 0.5) is 4.39 Å². The number of hydrogen-bond donors (Lipinski definition) is 1. The topological polar surface area (TPSA) is 94.7 Å². The van der Waals surface area contributed by atoms with E-state index in [2.05, 4.69) is 10.1 Å². The second kappa shape index (κ2) is 7.64. The molecular weight excluding hydrogens is 343 g/mol. The van der Waals surface area contributed by atoms with Crippen molar-refractivity contribution in [1.29, 1.82) is 0 Å². The van der Waals surface area contributed by atoms with E-state index in [1.807, 2.05) is 0 Å². The van der Waals surface area contributed by atoms with E-state index in [1.54, 1.807) is 13.0 Å². The largest absolute Gasteiger partial charge is 0.507 e. The molecule has 0 spiro atoms. The Morgan fingerprint density at radius 2 is 1.96 bits per heavy atom. The van der Waals surface area contributed by atoms with Crippen molar-refractivity contribution in [2.24, 2.45) is 0 Å². The first kappa shape index (κ1) is 17.4. The monoisotopic (exact) mass is 358 g/mol. The summed E-state index contributed by atoms with van der Waals surface area (Å²) in [6.07, 6.45) is 0. The van der Waals surface area contributed by atoms with Crippen LogP contribution in [0.2, 0.25) is 0 Å². The molecule has 0 radical (unpaired) electrons. The summed E-state index contributed by atoms with van der Waals surface area (Å²) in [5.74, 6) is -0.431. The first-order chi connectivity index (χ1) is 12.5. The molecule has 0 aliphatic rings. The van der Waals surface area contributed by atoms with Crippen LogP contribution in [-0.2, 0) is 18.0 Å². The van der Waals surface area contributed by atoms with Gasteiger partial charge in [-0.05, 0) is 48.9 Å². The van der Waals surface area contributed by atoms with Gasteiger partial charge in [0, 0.05) is 0 Å². The summed E-state index contributed by atoms with van der Waals surface area (Å²) in [4.78, 5) is 16.0. The third kappa shape index (κ3) is 4.35. The molecule has 0 amide bonds. The van der Waals surface area contributed by atoms with Crippen molar-refractivity contribution < 1.29 is 28.3 Å². The molecule has 0 fully saturated rings. The molecule has 3 aromatic rings.